The van der Waals surface area contributed by atoms with Crippen LogP contribution < -0.4 is 0 Å². The predicted molar refractivity (Wildman–Crippen MR) is 110 cm³/mol. The van der Waals surface area contributed by atoms with Crippen LogP contribution in [0.15, 0.2) is 58.2 Å². The van der Waals surface area contributed by atoms with Gasteiger partial charge in [-0.05, 0) is 87.0 Å². The number of hydrogen-bond acceptors (Lipinski definition) is 2. The molecule has 0 unspecified atom stereocenters. The van der Waals surface area contributed by atoms with E-state index in [1.54, 1.807) is 11.6 Å². The summed E-state index contributed by atoms with van der Waals surface area (Å²) in [6, 6.07) is 0. The lowest BCUT2D eigenvalue weighted by molar-refractivity contribution is -0.137. The molecule has 0 atom stereocenters. The number of ether oxygens (including phenoxy) is 1. The molecule has 0 saturated carbocycles. The third kappa shape index (κ3) is 5.59. The number of esters is 1. The molecule has 2 aliphatic carbocycles. The predicted octanol–water partition coefficient (Wildman–Crippen LogP) is 6.62. The van der Waals surface area contributed by atoms with Crippen molar-refractivity contribution in [2.45, 2.75) is 73.1 Å². The fourth-order valence-corrected chi connectivity index (χ4v) is 4.02. The second kappa shape index (κ2) is 9.21. The van der Waals surface area contributed by atoms with Gasteiger partial charge in [-0.3, -0.25) is 0 Å². The van der Waals surface area contributed by atoms with Gasteiger partial charge >= 0.3 is 5.97 Å². The molecule has 0 fully saturated rings. The van der Waals surface area contributed by atoms with Crippen LogP contribution in [0.4, 0.5) is 0 Å². The Balaban J connectivity index is 2.15. The van der Waals surface area contributed by atoms with E-state index < -0.39 is 0 Å². The first-order valence-corrected chi connectivity index (χ1v) is 9.97. The maximum atomic E-state index is 11.5. The molecule has 0 aromatic rings. The average Bonchev–Trinajstić information content (AvgIpc) is 2.99. The van der Waals surface area contributed by atoms with E-state index >= 15 is 0 Å². The molecule has 0 aliphatic heterocycles. The Kier molecular flexibility index (Phi) is 7.25. The fourth-order valence-electron chi connectivity index (χ4n) is 4.02. The van der Waals surface area contributed by atoms with E-state index in [4.69, 9.17) is 4.74 Å². The summed E-state index contributed by atoms with van der Waals surface area (Å²) in [7, 11) is 0. The second-order valence-electron chi connectivity index (χ2n) is 8.14. The molecule has 0 N–H and O–H groups in total. The summed E-state index contributed by atoms with van der Waals surface area (Å²) in [6.07, 6.45) is 17.7. The highest BCUT2D eigenvalue weighted by molar-refractivity contribution is 5.83. The Morgan fingerprint density at radius 2 is 1.77 bits per heavy atom. The summed E-state index contributed by atoms with van der Waals surface area (Å²) >= 11 is 0. The number of carbonyl (C=O) groups is 1. The van der Waals surface area contributed by atoms with Gasteiger partial charge in [-0.25, -0.2) is 4.79 Å². The summed E-state index contributed by atoms with van der Waals surface area (Å²) in [6.45, 7) is 11.2. The molecule has 0 aromatic carbocycles. The van der Waals surface area contributed by atoms with Crippen LogP contribution in [-0.4, -0.2) is 12.6 Å². The number of allylic oxidation sites excluding steroid dienone is 9. The Bertz CT molecular complexity index is 681. The quantitative estimate of drug-likeness (QED) is 0.304. The summed E-state index contributed by atoms with van der Waals surface area (Å²) in [5, 5.41) is 0. The minimum absolute atomic E-state index is 0.267. The second-order valence-corrected chi connectivity index (χ2v) is 8.14. The lowest BCUT2D eigenvalue weighted by Gasteiger charge is -2.33. The van der Waals surface area contributed by atoms with Crippen molar-refractivity contribution < 1.29 is 9.53 Å². The van der Waals surface area contributed by atoms with E-state index in [1.807, 2.05) is 19.9 Å². The minimum atomic E-state index is -0.267. The molecule has 0 heterocycles. The maximum Gasteiger partial charge on any atom is 0.330 e. The molecule has 0 spiro atoms. The molecule has 26 heavy (non-hydrogen) atoms. The van der Waals surface area contributed by atoms with Gasteiger partial charge in [0.15, 0.2) is 0 Å². The van der Waals surface area contributed by atoms with Crippen molar-refractivity contribution in [2.75, 3.05) is 6.61 Å². The van der Waals surface area contributed by atoms with Crippen LogP contribution in [0.25, 0.3) is 0 Å². The first-order valence-electron chi connectivity index (χ1n) is 9.97. The summed E-state index contributed by atoms with van der Waals surface area (Å²) in [5.74, 6) is -0.267. The standard InChI is InChI=1S/C24H34O2/c1-6-26-23(25)17-18(2)12-13-20-10-7-11-21(20)14-15-22-19(3)9-8-16-24(22,4)5/h12-15,17H,6-11,16H2,1-5H3/b13-12+,15-14?,18-17+. The van der Waals surface area contributed by atoms with E-state index in [1.165, 1.54) is 42.4 Å². The van der Waals surface area contributed by atoms with Crippen LogP contribution in [0, 0.1) is 5.41 Å². The normalized spacial score (nSPS) is 21.3. The molecule has 0 amide bonds. The van der Waals surface area contributed by atoms with Crippen LogP contribution in [0.1, 0.15) is 73.1 Å². The SMILES string of the molecule is CCOC(=O)/C=C(C)/C=C/C1=C(C=CC2=C(C)CCCC2(C)C)CCC1. The lowest BCUT2D eigenvalue weighted by Crippen LogP contribution is -2.19. The van der Waals surface area contributed by atoms with Gasteiger partial charge in [0, 0.05) is 6.08 Å². The zero-order valence-electron chi connectivity index (χ0n) is 17.2. The molecule has 0 bridgehead atoms. The molecule has 2 nitrogen and oxygen atoms in total. The first kappa shape index (κ1) is 20.5. The van der Waals surface area contributed by atoms with E-state index in [2.05, 4.69) is 39.0 Å². The lowest BCUT2D eigenvalue weighted by atomic mass is 9.72. The number of hydrogen-bond donors (Lipinski definition) is 0. The van der Waals surface area contributed by atoms with E-state index in [0.29, 0.717) is 6.61 Å². The minimum Gasteiger partial charge on any atom is -0.463 e. The van der Waals surface area contributed by atoms with E-state index in [-0.39, 0.29) is 11.4 Å². The maximum absolute atomic E-state index is 11.5. The van der Waals surface area contributed by atoms with Crippen molar-refractivity contribution in [3.63, 3.8) is 0 Å². The summed E-state index contributed by atoms with van der Waals surface area (Å²) < 4.78 is 4.96. The molecular formula is C24H34O2. The van der Waals surface area contributed by atoms with Gasteiger partial charge in [-0.2, -0.15) is 0 Å². The van der Waals surface area contributed by atoms with Gasteiger partial charge in [-0.15, -0.1) is 0 Å². The Morgan fingerprint density at radius 1 is 1.08 bits per heavy atom. The topological polar surface area (TPSA) is 26.3 Å². The van der Waals surface area contributed by atoms with Crippen molar-refractivity contribution in [2.24, 2.45) is 5.41 Å². The van der Waals surface area contributed by atoms with Gasteiger partial charge in [0.05, 0.1) is 6.61 Å². The summed E-state index contributed by atoms with van der Waals surface area (Å²) in [4.78, 5) is 11.5. The summed E-state index contributed by atoms with van der Waals surface area (Å²) in [5.41, 5.74) is 7.11. The number of rotatable bonds is 6. The Hall–Kier alpha value is -1.83. The van der Waals surface area contributed by atoms with Crippen molar-refractivity contribution in [3.8, 4) is 0 Å². The zero-order chi connectivity index (χ0) is 19.2. The van der Waals surface area contributed by atoms with Gasteiger partial charge in [0.25, 0.3) is 0 Å². The Labute approximate surface area is 159 Å². The van der Waals surface area contributed by atoms with Gasteiger partial charge in [-0.1, -0.05) is 43.7 Å². The largest absolute Gasteiger partial charge is 0.463 e. The van der Waals surface area contributed by atoms with Crippen LogP contribution in [0.5, 0.6) is 0 Å². The van der Waals surface area contributed by atoms with Crippen LogP contribution in [0.3, 0.4) is 0 Å². The van der Waals surface area contributed by atoms with Gasteiger partial charge < -0.3 is 4.74 Å². The molecule has 2 heteroatoms. The van der Waals surface area contributed by atoms with Crippen molar-refractivity contribution in [3.05, 3.63) is 58.2 Å². The zero-order valence-corrected chi connectivity index (χ0v) is 17.2. The third-order valence-corrected chi connectivity index (χ3v) is 5.48. The van der Waals surface area contributed by atoms with Crippen LogP contribution >= 0.6 is 0 Å². The fraction of sp³-hybridized carbons (Fsp3) is 0.542. The third-order valence-electron chi connectivity index (χ3n) is 5.48. The highest BCUT2D eigenvalue weighted by Gasteiger charge is 2.26. The van der Waals surface area contributed by atoms with Gasteiger partial charge in [0.2, 0.25) is 0 Å². The van der Waals surface area contributed by atoms with Crippen molar-refractivity contribution >= 4 is 5.97 Å². The highest BCUT2D eigenvalue weighted by Crippen LogP contribution is 2.41. The number of carbonyl (C=O) groups excluding carboxylic acids is 1. The van der Waals surface area contributed by atoms with Gasteiger partial charge in [0.1, 0.15) is 0 Å². The first-order chi connectivity index (χ1) is 12.3. The molecule has 142 valence electrons. The van der Waals surface area contributed by atoms with Crippen LogP contribution in [0.2, 0.25) is 0 Å². The molecule has 0 radical (unpaired) electrons. The van der Waals surface area contributed by atoms with E-state index in [9.17, 15) is 4.79 Å². The Morgan fingerprint density at radius 3 is 2.42 bits per heavy atom. The molecule has 2 aliphatic rings. The highest BCUT2D eigenvalue weighted by atomic mass is 16.5. The average molecular weight is 355 g/mol. The molecule has 0 saturated heterocycles. The monoisotopic (exact) mass is 354 g/mol. The van der Waals surface area contributed by atoms with Crippen LogP contribution in [-0.2, 0) is 9.53 Å². The molecule has 2 rings (SSSR count). The van der Waals surface area contributed by atoms with Crippen molar-refractivity contribution in [1.82, 2.24) is 0 Å². The smallest absolute Gasteiger partial charge is 0.330 e. The van der Waals surface area contributed by atoms with E-state index in [0.717, 1.165) is 18.4 Å². The van der Waals surface area contributed by atoms with Crippen molar-refractivity contribution in [1.29, 1.82) is 0 Å². The molecular weight excluding hydrogens is 320 g/mol. The molecule has 0 aromatic heterocycles.